The van der Waals surface area contributed by atoms with E-state index in [1.165, 1.54) is 25.9 Å². The van der Waals surface area contributed by atoms with Crippen LogP contribution >= 0.6 is 24.0 Å². The molecule has 0 bridgehead atoms. The molecule has 0 aromatic rings. The maximum absolute atomic E-state index is 5.42. The normalized spacial score (nSPS) is 25.0. The molecule has 2 saturated heterocycles. The second-order valence-corrected chi connectivity index (χ2v) is 6.87. The minimum atomic E-state index is 0. The molecule has 142 valence electrons. The third-order valence-corrected chi connectivity index (χ3v) is 4.81. The molecule has 0 radical (unpaired) electrons. The fourth-order valence-corrected chi connectivity index (χ4v) is 3.38. The summed E-state index contributed by atoms with van der Waals surface area (Å²) in [5.41, 5.74) is 0. The summed E-state index contributed by atoms with van der Waals surface area (Å²) in [6, 6.07) is 0.468. The lowest BCUT2D eigenvalue weighted by atomic mass is 9.99. The van der Waals surface area contributed by atoms with Gasteiger partial charge in [0.05, 0.1) is 19.8 Å². The van der Waals surface area contributed by atoms with E-state index < -0.39 is 0 Å². The summed E-state index contributed by atoms with van der Waals surface area (Å²) in [6.07, 6.45) is 2.63. The van der Waals surface area contributed by atoms with Crippen molar-refractivity contribution in [1.82, 2.24) is 20.4 Å². The SMILES string of the molecule is CCNC(=NCC(C)N1CCOCC1)NCC1CCCN(C)C1.I. The lowest BCUT2D eigenvalue weighted by Crippen LogP contribution is -2.46. The number of likely N-dealkylation sites (tertiary alicyclic amines) is 1. The Morgan fingerprint density at radius 1 is 1.25 bits per heavy atom. The van der Waals surface area contributed by atoms with Crippen LogP contribution in [0, 0.1) is 5.92 Å². The third kappa shape index (κ3) is 7.84. The molecule has 0 aliphatic carbocycles. The van der Waals surface area contributed by atoms with Gasteiger partial charge in [-0.25, -0.2) is 0 Å². The van der Waals surface area contributed by atoms with Gasteiger partial charge in [-0.3, -0.25) is 9.89 Å². The van der Waals surface area contributed by atoms with Crippen LogP contribution in [0.4, 0.5) is 0 Å². The zero-order valence-corrected chi connectivity index (χ0v) is 17.9. The monoisotopic (exact) mass is 453 g/mol. The zero-order valence-electron chi connectivity index (χ0n) is 15.6. The molecule has 2 unspecified atom stereocenters. The quantitative estimate of drug-likeness (QED) is 0.360. The van der Waals surface area contributed by atoms with E-state index in [1.54, 1.807) is 0 Å². The van der Waals surface area contributed by atoms with Crippen LogP contribution in [0.15, 0.2) is 4.99 Å². The van der Waals surface area contributed by atoms with Gasteiger partial charge in [0.25, 0.3) is 0 Å². The molecule has 2 N–H and O–H groups in total. The molecule has 2 heterocycles. The second kappa shape index (κ2) is 12.3. The van der Waals surface area contributed by atoms with Gasteiger partial charge in [0, 0.05) is 38.8 Å². The summed E-state index contributed by atoms with van der Waals surface area (Å²) >= 11 is 0. The number of halogens is 1. The number of ether oxygens (including phenoxy) is 1. The van der Waals surface area contributed by atoms with Crippen molar-refractivity contribution in [2.24, 2.45) is 10.9 Å². The molecular formula is C17H36IN5O. The van der Waals surface area contributed by atoms with Crippen molar-refractivity contribution in [3.8, 4) is 0 Å². The van der Waals surface area contributed by atoms with Gasteiger partial charge in [0.1, 0.15) is 0 Å². The van der Waals surface area contributed by atoms with Gasteiger partial charge < -0.3 is 20.3 Å². The Morgan fingerprint density at radius 3 is 2.67 bits per heavy atom. The first-order valence-corrected chi connectivity index (χ1v) is 9.21. The van der Waals surface area contributed by atoms with Crippen molar-refractivity contribution in [2.75, 3.05) is 66.1 Å². The molecule has 6 nitrogen and oxygen atoms in total. The van der Waals surface area contributed by atoms with Crippen LogP contribution in [0.2, 0.25) is 0 Å². The molecule has 2 aliphatic heterocycles. The number of nitrogens with zero attached hydrogens (tertiary/aromatic N) is 3. The van der Waals surface area contributed by atoms with Gasteiger partial charge in [-0.1, -0.05) is 0 Å². The van der Waals surface area contributed by atoms with Gasteiger partial charge in [0.2, 0.25) is 0 Å². The van der Waals surface area contributed by atoms with Crippen LogP contribution in [-0.2, 0) is 4.74 Å². The summed E-state index contributed by atoms with van der Waals surface area (Å²) in [5.74, 6) is 1.69. The number of rotatable bonds is 6. The second-order valence-electron chi connectivity index (χ2n) is 6.87. The summed E-state index contributed by atoms with van der Waals surface area (Å²) in [4.78, 5) is 9.69. The number of hydrogen-bond donors (Lipinski definition) is 2. The van der Waals surface area contributed by atoms with Crippen molar-refractivity contribution in [2.45, 2.75) is 32.7 Å². The van der Waals surface area contributed by atoms with Gasteiger partial charge in [0.15, 0.2) is 5.96 Å². The molecule has 2 aliphatic rings. The van der Waals surface area contributed by atoms with Crippen LogP contribution < -0.4 is 10.6 Å². The number of hydrogen-bond acceptors (Lipinski definition) is 4. The average Bonchev–Trinajstić information content (AvgIpc) is 2.58. The van der Waals surface area contributed by atoms with Crippen molar-refractivity contribution >= 4 is 29.9 Å². The zero-order chi connectivity index (χ0) is 16.5. The Balaban J connectivity index is 0.00000288. The minimum absolute atomic E-state index is 0. The van der Waals surface area contributed by atoms with Gasteiger partial charge >= 0.3 is 0 Å². The van der Waals surface area contributed by atoms with E-state index in [0.29, 0.717) is 6.04 Å². The van der Waals surface area contributed by atoms with Crippen LogP contribution in [0.25, 0.3) is 0 Å². The third-order valence-electron chi connectivity index (χ3n) is 4.81. The van der Waals surface area contributed by atoms with Gasteiger partial charge in [-0.2, -0.15) is 0 Å². The Bertz CT molecular complexity index is 363. The number of nitrogens with one attached hydrogen (secondary N) is 2. The molecule has 2 fully saturated rings. The molecule has 0 saturated carbocycles. The van der Waals surface area contributed by atoms with Crippen molar-refractivity contribution in [3.63, 3.8) is 0 Å². The summed E-state index contributed by atoms with van der Waals surface area (Å²) < 4.78 is 5.42. The molecular weight excluding hydrogens is 417 g/mol. The highest BCUT2D eigenvalue weighted by Gasteiger charge is 2.18. The van der Waals surface area contributed by atoms with Crippen LogP contribution in [-0.4, -0.2) is 87.9 Å². The Kier molecular flexibility index (Phi) is 11.2. The first-order valence-electron chi connectivity index (χ1n) is 9.21. The Morgan fingerprint density at radius 2 is 2.00 bits per heavy atom. The van der Waals surface area contributed by atoms with Crippen molar-refractivity contribution < 1.29 is 4.74 Å². The molecule has 2 atom stereocenters. The van der Waals surface area contributed by atoms with Gasteiger partial charge in [-0.15, -0.1) is 24.0 Å². The van der Waals surface area contributed by atoms with Crippen LogP contribution in [0.5, 0.6) is 0 Å². The van der Waals surface area contributed by atoms with Crippen LogP contribution in [0.1, 0.15) is 26.7 Å². The highest BCUT2D eigenvalue weighted by Crippen LogP contribution is 2.13. The van der Waals surface area contributed by atoms with E-state index in [1.807, 2.05) is 0 Å². The molecule has 24 heavy (non-hydrogen) atoms. The van der Waals surface area contributed by atoms with Crippen molar-refractivity contribution in [1.29, 1.82) is 0 Å². The first kappa shape index (κ1) is 21.9. The number of piperidine rings is 1. The average molecular weight is 453 g/mol. The number of guanidine groups is 1. The largest absolute Gasteiger partial charge is 0.379 e. The van der Waals surface area contributed by atoms with Gasteiger partial charge in [-0.05, 0) is 46.2 Å². The number of morpholine rings is 1. The summed E-state index contributed by atoms with van der Waals surface area (Å²) in [6.45, 7) is 13.3. The first-order chi connectivity index (χ1) is 11.2. The highest BCUT2D eigenvalue weighted by atomic mass is 127. The molecule has 0 amide bonds. The van der Waals surface area contributed by atoms with Crippen molar-refractivity contribution in [3.05, 3.63) is 0 Å². The smallest absolute Gasteiger partial charge is 0.191 e. The Labute approximate surface area is 164 Å². The number of aliphatic imine (C=N–C) groups is 1. The van der Waals surface area contributed by atoms with E-state index in [0.717, 1.165) is 57.8 Å². The standard InChI is InChI=1S/C17H35N5O.HI/c1-4-18-17(20-13-16-6-5-7-21(3)14-16)19-12-15(2)22-8-10-23-11-9-22;/h15-16H,4-14H2,1-3H3,(H2,18,19,20);1H. The van der Waals surface area contributed by atoms with Crippen LogP contribution in [0.3, 0.4) is 0 Å². The minimum Gasteiger partial charge on any atom is -0.379 e. The maximum atomic E-state index is 5.42. The molecule has 0 aromatic carbocycles. The van der Waals surface area contributed by atoms with E-state index in [2.05, 4.69) is 41.3 Å². The van der Waals surface area contributed by atoms with E-state index >= 15 is 0 Å². The maximum Gasteiger partial charge on any atom is 0.191 e. The van der Waals surface area contributed by atoms with E-state index in [-0.39, 0.29) is 24.0 Å². The van der Waals surface area contributed by atoms with E-state index in [4.69, 9.17) is 9.73 Å². The predicted octanol–water partition coefficient (Wildman–Crippen LogP) is 1.22. The highest BCUT2D eigenvalue weighted by molar-refractivity contribution is 14.0. The van der Waals surface area contributed by atoms with E-state index in [9.17, 15) is 0 Å². The summed E-state index contributed by atoms with van der Waals surface area (Å²) in [7, 11) is 2.22. The topological polar surface area (TPSA) is 52.1 Å². The lowest BCUT2D eigenvalue weighted by molar-refractivity contribution is 0.0220. The molecule has 2 rings (SSSR count). The summed E-state index contributed by atoms with van der Waals surface area (Å²) in [5, 5.41) is 6.91. The molecule has 0 spiro atoms. The molecule has 0 aromatic heterocycles. The lowest BCUT2D eigenvalue weighted by Gasteiger charge is -2.32. The molecule has 7 heteroatoms. The predicted molar refractivity (Wildman–Crippen MR) is 111 cm³/mol. The fourth-order valence-electron chi connectivity index (χ4n) is 3.38. The Hall–Kier alpha value is -0.120. The fraction of sp³-hybridized carbons (Fsp3) is 0.941.